The molecule has 0 atom stereocenters. The average Bonchev–Trinajstić information content (AvgIpc) is 2.10. The molecular weight excluding hydrogens is 162 g/mol. The van der Waals surface area contributed by atoms with Gasteiger partial charge in [0.1, 0.15) is 5.78 Å². The van der Waals surface area contributed by atoms with E-state index in [0.717, 1.165) is 0 Å². The summed E-state index contributed by atoms with van der Waals surface area (Å²) in [7, 11) is 1.95. The second-order valence-corrected chi connectivity index (χ2v) is 2.71. The van der Waals surface area contributed by atoms with E-state index in [4.69, 9.17) is 0 Å². The second kappa shape index (κ2) is 14.2. The molecule has 0 aliphatic carbocycles. The number of nitrogens with zero attached hydrogens (tertiary/aromatic N) is 1. The highest BCUT2D eigenvalue weighted by Gasteiger charge is 2.03. The van der Waals surface area contributed by atoms with E-state index < -0.39 is 0 Å². The van der Waals surface area contributed by atoms with E-state index in [1.807, 2.05) is 39.6 Å². The molecule has 13 heavy (non-hydrogen) atoms. The topological polar surface area (TPSA) is 20.3 Å². The summed E-state index contributed by atoms with van der Waals surface area (Å²) in [4.78, 5) is 12.5. The van der Waals surface area contributed by atoms with Crippen LogP contribution in [-0.2, 0) is 4.79 Å². The first kappa shape index (κ1) is 18.4. The molecule has 0 N–H and O–H groups in total. The highest BCUT2D eigenvalue weighted by Crippen LogP contribution is 1.91. The molecule has 0 bridgehead atoms. The zero-order valence-corrected chi connectivity index (χ0v) is 10.6. The van der Waals surface area contributed by atoms with Gasteiger partial charge in [0.2, 0.25) is 0 Å². The SMILES string of the molecule is CC.CC.CC(=O)CN(C)C(C)C. The van der Waals surface area contributed by atoms with Gasteiger partial charge in [-0.2, -0.15) is 0 Å². The van der Waals surface area contributed by atoms with Crippen LogP contribution in [-0.4, -0.2) is 30.3 Å². The van der Waals surface area contributed by atoms with Gasteiger partial charge in [-0.25, -0.2) is 0 Å². The van der Waals surface area contributed by atoms with Gasteiger partial charge in [0, 0.05) is 6.04 Å². The molecule has 0 amide bonds. The Bertz CT molecular complexity index is 100. The molecule has 0 spiro atoms. The molecule has 82 valence electrons. The number of ketones is 1. The fourth-order valence-electron chi connectivity index (χ4n) is 0.534. The summed E-state index contributed by atoms with van der Waals surface area (Å²) in [6.07, 6.45) is 0. The van der Waals surface area contributed by atoms with Crippen LogP contribution < -0.4 is 0 Å². The van der Waals surface area contributed by atoms with Crippen molar-refractivity contribution < 1.29 is 4.79 Å². The van der Waals surface area contributed by atoms with Crippen molar-refractivity contribution in [1.29, 1.82) is 0 Å². The highest BCUT2D eigenvalue weighted by atomic mass is 16.1. The van der Waals surface area contributed by atoms with Crippen LogP contribution in [0.4, 0.5) is 0 Å². The fraction of sp³-hybridized carbons (Fsp3) is 0.909. The lowest BCUT2D eigenvalue weighted by atomic mass is 10.3. The molecule has 2 heteroatoms. The molecule has 0 saturated heterocycles. The lowest BCUT2D eigenvalue weighted by molar-refractivity contribution is -0.118. The van der Waals surface area contributed by atoms with Crippen molar-refractivity contribution in [3.05, 3.63) is 0 Å². The number of Topliss-reactive ketones (excluding diaryl/α,β-unsaturated/α-hetero) is 1. The van der Waals surface area contributed by atoms with E-state index in [1.54, 1.807) is 6.92 Å². The second-order valence-electron chi connectivity index (χ2n) is 2.71. The van der Waals surface area contributed by atoms with Crippen LogP contribution >= 0.6 is 0 Å². The summed E-state index contributed by atoms with van der Waals surface area (Å²) in [5.74, 6) is 0.228. The molecule has 0 aromatic rings. The molecule has 0 aromatic heterocycles. The predicted molar refractivity (Wildman–Crippen MR) is 61.1 cm³/mol. The van der Waals surface area contributed by atoms with Crippen LogP contribution in [0, 0.1) is 0 Å². The van der Waals surface area contributed by atoms with Crippen molar-refractivity contribution >= 4 is 5.78 Å². The Morgan fingerprint density at radius 3 is 1.54 bits per heavy atom. The van der Waals surface area contributed by atoms with E-state index in [9.17, 15) is 4.79 Å². The van der Waals surface area contributed by atoms with Crippen molar-refractivity contribution in [3.8, 4) is 0 Å². The molecule has 0 aliphatic heterocycles. The van der Waals surface area contributed by atoms with E-state index >= 15 is 0 Å². The Morgan fingerprint density at radius 2 is 1.46 bits per heavy atom. The number of likely N-dealkylation sites (N-methyl/N-ethyl adjacent to an activating group) is 1. The van der Waals surface area contributed by atoms with Gasteiger partial charge in [-0.3, -0.25) is 9.69 Å². The van der Waals surface area contributed by atoms with Crippen LogP contribution in [0.15, 0.2) is 0 Å². The van der Waals surface area contributed by atoms with Gasteiger partial charge in [-0.15, -0.1) is 0 Å². The quantitative estimate of drug-likeness (QED) is 0.680. The molecule has 0 unspecified atom stereocenters. The van der Waals surface area contributed by atoms with E-state index in [0.29, 0.717) is 12.6 Å². The Labute approximate surface area is 84.3 Å². The lowest BCUT2D eigenvalue weighted by Crippen LogP contribution is -2.30. The highest BCUT2D eigenvalue weighted by molar-refractivity contribution is 5.77. The summed E-state index contributed by atoms with van der Waals surface area (Å²) in [6, 6.07) is 0.467. The van der Waals surface area contributed by atoms with Gasteiger partial charge < -0.3 is 0 Å². The number of carbonyl (C=O) groups excluding carboxylic acids is 1. The molecule has 0 rings (SSSR count). The van der Waals surface area contributed by atoms with Gasteiger partial charge >= 0.3 is 0 Å². The van der Waals surface area contributed by atoms with Crippen molar-refractivity contribution in [3.63, 3.8) is 0 Å². The minimum Gasteiger partial charge on any atom is -0.299 e. The zero-order chi connectivity index (χ0) is 11.4. The summed E-state index contributed by atoms with van der Waals surface area (Å²) in [5, 5.41) is 0. The first-order chi connectivity index (χ1) is 6.04. The maximum Gasteiger partial charge on any atom is 0.143 e. The average molecular weight is 189 g/mol. The first-order valence-electron chi connectivity index (χ1n) is 5.23. The number of carbonyl (C=O) groups is 1. The molecule has 0 saturated carbocycles. The third kappa shape index (κ3) is 18.5. The van der Waals surface area contributed by atoms with Gasteiger partial charge in [0.15, 0.2) is 0 Å². The Hall–Kier alpha value is -0.370. The van der Waals surface area contributed by atoms with Crippen LogP contribution in [0.2, 0.25) is 0 Å². The van der Waals surface area contributed by atoms with E-state index in [-0.39, 0.29) is 5.78 Å². The van der Waals surface area contributed by atoms with Crippen molar-refractivity contribution in [1.82, 2.24) is 4.90 Å². The van der Waals surface area contributed by atoms with Crippen molar-refractivity contribution in [2.45, 2.75) is 54.5 Å². The predicted octanol–water partition coefficient (Wildman–Crippen LogP) is 2.97. The summed E-state index contributed by atoms with van der Waals surface area (Å²) >= 11 is 0. The number of hydrogen-bond acceptors (Lipinski definition) is 2. The third-order valence-electron chi connectivity index (χ3n) is 1.35. The van der Waals surface area contributed by atoms with Crippen LogP contribution in [0.5, 0.6) is 0 Å². The minimum absolute atomic E-state index is 0.228. The molecule has 0 aliphatic rings. The Morgan fingerprint density at radius 1 is 1.15 bits per heavy atom. The van der Waals surface area contributed by atoms with Gasteiger partial charge in [-0.05, 0) is 27.8 Å². The molecule has 0 aromatic carbocycles. The van der Waals surface area contributed by atoms with Gasteiger partial charge in [0.25, 0.3) is 0 Å². The zero-order valence-electron chi connectivity index (χ0n) is 10.6. The van der Waals surface area contributed by atoms with Gasteiger partial charge in [0.05, 0.1) is 6.54 Å². The monoisotopic (exact) mass is 189 g/mol. The fourth-order valence-corrected chi connectivity index (χ4v) is 0.534. The normalized spacial score (nSPS) is 8.46. The number of hydrogen-bond donors (Lipinski definition) is 0. The largest absolute Gasteiger partial charge is 0.299 e. The van der Waals surface area contributed by atoms with Crippen molar-refractivity contribution in [2.75, 3.05) is 13.6 Å². The van der Waals surface area contributed by atoms with E-state index in [2.05, 4.69) is 13.8 Å². The Kier molecular flexibility index (Phi) is 20.1. The van der Waals surface area contributed by atoms with Crippen LogP contribution in [0.1, 0.15) is 48.5 Å². The molecule has 2 nitrogen and oxygen atoms in total. The smallest absolute Gasteiger partial charge is 0.143 e. The summed E-state index contributed by atoms with van der Waals surface area (Å²) in [6.45, 7) is 14.3. The molecule has 0 fully saturated rings. The first-order valence-corrected chi connectivity index (χ1v) is 5.23. The molecule has 0 heterocycles. The number of rotatable bonds is 3. The lowest BCUT2D eigenvalue weighted by Gasteiger charge is -2.18. The summed E-state index contributed by atoms with van der Waals surface area (Å²) in [5.41, 5.74) is 0. The van der Waals surface area contributed by atoms with Crippen molar-refractivity contribution in [2.24, 2.45) is 0 Å². The Balaban J connectivity index is -0.000000218. The van der Waals surface area contributed by atoms with Gasteiger partial charge in [-0.1, -0.05) is 27.7 Å². The molecular formula is C11H27NO. The van der Waals surface area contributed by atoms with E-state index in [1.165, 1.54) is 0 Å². The maximum atomic E-state index is 10.5. The minimum atomic E-state index is 0.228. The molecule has 0 radical (unpaired) electrons. The maximum absolute atomic E-state index is 10.5. The van der Waals surface area contributed by atoms with Crippen LogP contribution in [0.3, 0.4) is 0 Å². The third-order valence-corrected chi connectivity index (χ3v) is 1.35. The summed E-state index contributed by atoms with van der Waals surface area (Å²) < 4.78 is 0. The van der Waals surface area contributed by atoms with Crippen LogP contribution in [0.25, 0.3) is 0 Å². The standard InChI is InChI=1S/C7H15NO.2C2H6/c1-6(2)8(4)5-7(3)9;2*1-2/h6H,5H2,1-4H3;2*1-2H3.